The number of benzene rings is 2. The van der Waals surface area contributed by atoms with Gasteiger partial charge in [-0.3, -0.25) is 4.79 Å². The molecule has 0 radical (unpaired) electrons. The van der Waals surface area contributed by atoms with Gasteiger partial charge in [-0.15, -0.1) is 0 Å². The molecule has 0 spiro atoms. The lowest BCUT2D eigenvalue weighted by molar-refractivity contribution is -0.104. The van der Waals surface area contributed by atoms with E-state index >= 15 is 0 Å². The lowest BCUT2D eigenvalue weighted by Crippen LogP contribution is -1.97. The molecule has 2 aromatic carbocycles. The first kappa shape index (κ1) is 20.0. The lowest BCUT2D eigenvalue weighted by atomic mass is 10.0. The summed E-state index contributed by atoms with van der Waals surface area (Å²) in [4.78, 5) is 13.5. The van der Waals surface area contributed by atoms with E-state index in [-0.39, 0.29) is 4.90 Å². The third kappa shape index (κ3) is 5.34. The summed E-state index contributed by atoms with van der Waals surface area (Å²) in [6.07, 6.45) is 3.74. The van der Waals surface area contributed by atoms with Gasteiger partial charge in [0.1, 0.15) is 0 Å². The summed E-state index contributed by atoms with van der Waals surface area (Å²) >= 11 is 1.35. The molecule has 0 N–H and O–H groups in total. The molecule has 0 bridgehead atoms. The van der Waals surface area contributed by atoms with Crippen LogP contribution in [-0.4, -0.2) is 28.1 Å². The topological polar surface area (TPSA) is 60.4 Å². The van der Waals surface area contributed by atoms with E-state index < -0.39 is 9.84 Å². The molecule has 0 fully saturated rings. The van der Waals surface area contributed by atoms with Crippen molar-refractivity contribution < 1.29 is 17.9 Å². The van der Waals surface area contributed by atoms with E-state index in [9.17, 15) is 13.2 Å². The maximum atomic E-state index is 11.8. The second-order valence-electron chi connectivity index (χ2n) is 5.57. The average molecular weight is 389 g/mol. The number of thioether (sulfide) groups is 1. The smallest absolute Gasteiger partial charge is 0.175 e. The Morgan fingerprint density at radius 2 is 1.65 bits per heavy atom. The molecule has 0 heterocycles. The van der Waals surface area contributed by atoms with E-state index in [0.717, 1.165) is 23.0 Å². The molecule has 136 valence electrons. The Morgan fingerprint density at radius 1 is 1.04 bits per heavy atom. The Balaban J connectivity index is 2.56. The van der Waals surface area contributed by atoms with Crippen molar-refractivity contribution in [3.8, 4) is 0 Å². The van der Waals surface area contributed by atoms with Crippen LogP contribution >= 0.6 is 11.8 Å². The zero-order valence-electron chi connectivity index (χ0n) is 14.8. The normalized spacial score (nSPS) is 13.1. The molecule has 6 heteroatoms. The zero-order chi connectivity index (χ0) is 19.2. The van der Waals surface area contributed by atoms with Crippen LogP contribution in [-0.2, 0) is 19.4 Å². The molecular weight excluding hydrogens is 368 g/mol. The van der Waals surface area contributed by atoms with Crippen molar-refractivity contribution >= 4 is 33.5 Å². The predicted octanol–water partition coefficient (Wildman–Crippen LogP) is 4.34. The highest BCUT2D eigenvalue weighted by molar-refractivity contribution is 8.04. The van der Waals surface area contributed by atoms with E-state index in [1.807, 2.05) is 30.3 Å². The first-order valence-electron chi connectivity index (χ1n) is 7.80. The highest BCUT2D eigenvalue weighted by Gasteiger charge is 2.12. The molecule has 0 aliphatic heterocycles. The van der Waals surface area contributed by atoms with Gasteiger partial charge in [-0.1, -0.05) is 42.1 Å². The van der Waals surface area contributed by atoms with Crippen molar-refractivity contribution in [1.29, 1.82) is 0 Å². The Labute approximate surface area is 158 Å². The van der Waals surface area contributed by atoms with E-state index in [0.29, 0.717) is 16.2 Å². The van der Waals surface area contributed by atoms with Gasteiger partial charge < -0.3 is 4.74 Å². The molecule has 2 aromatic rings. The molecule has 26 heavy (non-hydrogen) atoms. The van der Waals surface area contributed by atoms with E-state index in [1.165, 1.54) is 23.9 Å². The number of hydrogen-bond donors (Lipinski definition) is 0. The van der Waals surface area contributed by atoms with E-state index in [2.05, 4.69) is 0 Å². The summed E-state index contributed by atoms with van der Waals surface area (Å²) in [6, 6.07) is 16.0. The molecule has 0 aliphatic carbocycles. The van der Waals surface area contributed by atoms with Crippen molar-refractivity contribution in [3.05, 3.63) is 76.9 Å². The molecule has 0 saturated heterocycles. The number of methoxy groups -OCH3 is 1. The number of hydrogen-bond acceptors (Lipinski definition) is 5. The highest BCUT2D eigenvalue weighted by atomic mass is 32.2. The van der Waals surface area contributed by atoms with Crippen molar-refractivity contribution in [2.75, 3.05) is 13.4 Å². The van der Waals surface area contributed by atoms with Gasteiger partial charge in [-0.05, 0) is 42.8 Å². The largest absolute Gasteiger partial charge is 0.501 e. The molecule has 0 amide bonds. The zero-order valence-corrected chi connectivity index (χ0v) is 16.4. The fraction of sp³-hybridized carbons (Fsp3) is 0.150. The summed E-state index contributed by atoms with van der Waals surface area (Å²) in [5.74, 6) is 0.639. The second kappa shape index (κ2) is 8.87. The van der Waals surface area contributed by atoms with Gasteiger partial charge in [0.05, 0.1) is 22.7 Å². The molecule has 0 unspecified atom stereocenters. The van der Waals surface area contributed by atoms with Crippen molar-refractivity contribution in [1.82, 2.24) is 0 Å². The summed E-state index contributed by atoms with van der Waals surface area (Å²) < 4.78 is 28.6. The van der Waals surface area contributed by atoms with Gasteiger partial charge in [-0.2, -0.15) is 0 Å². The standard InChI is InChI=1S/C20H20O4S2/c1-15(24-2)13-19(16-9-11-18(12-10-16)26(3,22)23)20(14-21)25-17-7-5-4-6-8-17/h4-14H,1-3H3/b15-13-,20-19-. The number of carbonyl (C=O) groups excluding carboxylic acids is 1. The molecule has 0 aromatic heterocycles. The first-order chi connectivity index (χ1) is 12.3. The number of carbonyl (C=O) groups is 1. The van der Waals surface area contributed by atoms with Gasteiger partial charge in [0.15, 0.2) is 16.1 Å². The maximum absolute atomic E-state index is 11.8. The fourth-order valence-electron chi connectivity index (χ4n) is 2.20. The van der Waals surface area contributed by atoms with E-state index in [1.54, 1.807) is 32.2 Å². The summed E-state index contributed by atoms with van der Waals surface area (Å²) in [7, 11) is -1.72. The number of rotatable bonds is 7. The number of ether oxygens (including phenoxy) is 1. The Kier molecular flexibility index (Phi) is 6.83. The molecular formula is C20H20O4S2. The number of allylic oxidation sites excluding steroid dienone is 4. The first-order valence-corrected chi connectivity index (χ1v) is 10.5. The van der Waals surface area contributed by atoms with Crippen LogP contribution in [0.1, 0.15) is 12.5 Å². The van der Waals surface area contributed by atoms with Gasteiger partial charge >= 0.3 is 0 Å². The van der Waals surface area contributed by atoms with Crippen LogP contribution in [0.4, 0.5) is 0 Å². The predicted molar refractivity (Wildman–Crippen MR) is 106 cm³/mol. The molecule has 0 saturated carbocycles. The lowest BCUT2D eigenvalue weighted by Gasteiger charge is -2.10. The minimum absolute atomic E-state index is 0.233. The van der Waals surface area contributed by atoms with Crippen molar-refractivity contribution in [2.45, 2.75) is 16.7 Å². The Bertz CT molecular complexity index is 926. The third-order valence-corrected chi connectivity index (χ3v) is 5.78. The average Bonchev–Trinajstić information content (AvgIpc) is 2.64. The second-order valence-corrected chi connectivity index (χ2v) is 8.70. The Morgan fingerprint density at radius 3 is 2.15 bits per heavy atom. The number of sulfone groups is 1. The fourth-order valence-corrected chi connectivity index (χ4v) is 3.71. The van der Waals surface area contributed by atoms with Crippen molar-refractivity contribution in [3.63, 3.8) is 0 Å². The molecule has 0 atom stereocenters. The van der Waals surface area contributed by atoms with Gasteiger partial charge in [0.25, 0.3) is 0 Å². The molecule has 2 rings (SSSR count). The van der Waals surface area contributed by atoms with Crippen LogP contribution in [0.15, 0.2) is 81.1 Å². The van der Waals surface area contributed by atoms with Gasteiger partial charge in [-0.25, -0.2) is 8.42 Å². The van der Waals surface area contributed by atoms with Crippen LogP contribution in [0.3, 0.4) is 0 Å². The van der Waals surface area contributed by atoms with Crippen LogP contribution in [0.2, 0.25) is 0 Å². The minimum atomic E-state index is -3.28. The van der Waals surface area contributed by atoms with Crippen LogP contribution in [0.5, 0.6) is 0 Å². The summed E-state index contributed by atoms with van der Waals surface area (Å²) in [5.41, 5.74) is 1.41. The maximum Gasteiger partial charge on any atom is 0.175 e. The molecule has 4 nitrogen and oxygen atoms in total. The van der Waals surface area contributed by atoms with Gasteiger partial charge in [0.2, 0.25) is 0 Å². The minimum Gasteiger partial charge on any atom is -0.501 e. The summed E-state index contributed by atoms with van der Waals surface area (Å²) in [6.45, 7) is 1.79. The molecule has 0 aliphatic rings. The van der Waals surface area contributed by atoms with Crippen molar-refractivity contribution in [2.24, 2.45) is 0 Å². The van der Waals surface area contributed by atoms with Crippen LogP contribution in [0.25, 0.3) is 5.57 Å². The van der Waals surface area contributed by atoms with E-state index in [4.69, 9.17) is 4.74 Å². The Hall–Kier alpha value is -2.31. The van der Waals surface area contributed by atoms with Crippen LogP contribution < -0.4 is 0 Å². The quantitative estimate of drug-likeness (QED) is 0.232. The third-order valence-electron chi connectivity index (χ3n) is 3.61. The van der Waals surface area contributed by atoms with Crippen LogP contribution in [0, 0.1) is 0 Å². The highest BCUT2D eigenvalue weighted by Crippen LogP contribution is 2.33. The number of aldehydes is 1. The van der Waals surface area contributed by atoms with Gasteiger partial charge in [0, 0.05) is 16.7 Å². The summed E-state index contributed by atoms with van der Waals surface area (Å²) in [5, 5.41) is 0. The SMILES string of the molecule is CO/C(C)=C\C(=C(/C=O)Sc1ccccc1)c1ccc(S(C)(=O)=O)cc1. The monoisotopic (exact) mass is 388 g/mol.